The average Bonchev–Trinajstić information content (AvgIpc) is 2.65. The molecule has 0 aromatic heterocycles. The molecule has 0 radical (unpaired) electrons. The van der Waals surface area contributed by atoms with Crippen LogP contribution < -0.4 is 15.0 Å². The summed E-state index contributed by atoms with van der Waals surface area (Å²) in [4.78, 5) is 36.9. The van der Waals surface area contributed by atoms with Gasteiger partial charge in [-0.15, -0.1) is 0 Å². The fraction of sp³-hybridized carbons (Fsp3) is 0.263. The number of carbonyl (C=O) groups excluding carboxylic acids is 2. The maximum absolute atomic E-state index is 12.7. The number of ether oxygens (including phenoxy) is 1. The second-order valence-electron chi connectivity index (χ2n) is 6.26. The first-order valence-corrected chi connectivity index (χ1v) is 8.52. The predicted molar refractivity (Wildman–Crippen MR) is 100.0 cm³/mol. The zero-order chi connectivity index (χ0) is 19.6. The van der Waals surface area contributed by atoms with Crippen molar-refractivity contribution in [1.82, 2.24) is 0 Å². The van der Waals surface area contributed by atoms with Gasteiger partial charge in [-0.2, -0.15) is 0 Å². The molecule has 1 heterocycles. The molecule has 8 nitrogen and oxygen atoms in total. The number of carbonyl (C=O) groups is 2. The van der Waals surface area contributed by atoms with Crippen LogP contribution in [-0.2, 0) is 9.59 Å². The Hall–Kier alpha value is -3.42. The molecule has 1 unspecified atom stereocenters. The highest BCUT2D eigenvalue weighted by Gasteiger charge is 2.35. The molecule has 1 aliphatic heterocycles. The monoisotopic (exact) mass is 369 g/mol. The van der Waals surface area contributed by atoms with Crippen LogP contribution in [0.4, 0.5) is 17.1 Å². The average molecular weight is 369 g/mol. The van der Waals surface area contributed by atoms with Crippen LogP contribution in [0.5, 0.6) is 5.75 Å². The van der Waals surface area contributed by atoms with E-state index in [1.165, 1.54) is 23.1 Å². The molecule has 3 rings (SSSR count). The zero-order valence-electron chi connectivity index (χ0n) is 15.0. The standard InChI is InChI=1S/C19H19N3O5/c1-3-16-19(24)21(11-18(23)20-13-6-4-12(2)5-7-13)15-10-14(22(25)26)8-9-17(15)27-16/h4-10,16H,3,11H2,1-2H3,(H,20,23). The van der Waals surface area contributed by atoms with Crippen molar-refractivity contribution in [2.45, 2.75) is 26.4 Å². The van der Waals surface area contributed by atoms with Crippen molar-refractivity contribution in [1.29, 1.82) is 0 Å². The van der Waals surface area contributed by atoms with Gasteiger partial charge in [-0.25, -0.2) is 0 Å². The summed E-state index contributed by atoms with van der Waals surface area (Å²) in [5.74, 6) is -0.457. The van der Waals surface area contributed by atoms with Crippen LogP contribution in [0.3, 0.4) is 0 Å². The number of benzene rings is 2. The van der Waals surface area contributed by atoms with E-state index in [0.717, 1.165) is 5.56 Å². The van der Waals surface area contributed by atoms with Crippen LogP contribution in [-0.4, -0.2) is 29.4 Å². The van der Waals surface area contributed by atoms with Gasteiger partial charge in [-0.1, -0.05) is 24.6 Å². The summed E-state index contributed by atoms with van der Waals surface area (Å²) >= 11 is 0. The highest BCUT2D eigenvalue weighted by atomic mass is 16.6. The number of rotatable bonds is 5. The molecule has 27 heavy (non-hydrogen) atoms. The van der Waals surface area contributed by atoms with E-state index < -0.39 is 22.8 Å². The van der Waals surface area contributed by atoms with E-state index in [1.807, 2.05) is 19.1 Å². The summed E-state index contributed by atoms with van der Waals surface area (Å²) in [6.45, 7) is 3.47. The number of hydrogen-bond donors (Lipinski definition) is 1. The number of nitrogens with one attached hydrogen (secondary N) is 1. The molecule has 140 valence electrons. The van der Waals surface area contributed by atoms with Gasteiger partial charge in [0.2, 0.25) is 5.91 Å². The van der Waals surface area contributed by atoms with Crippen molar-refractivity contribution in [3.8, 4) is 5.75 Å². The fourth-order valence-corrected chi connectivity index (χ4v) is 2.83. The first kappa shape index (κ1) is 18.4. The first-order chi connectivity index (χ1) is 12.9. The molecular weight excluding hydrogens is 350 g/mol. The van der Waals surface area contributed by atoms with Gasteiger partial charge >= 0.3 is 0 Å². The Balaban J connectivity index is 1.87. The van der Waals surface area contributed by atoms with Gasteiger partial charge in [0.25, 0.3) is 11.6 Å². The number of amides is 2. The molecule has 1 aliphatic rings. The van der Waals surface area contributed by atoms with E-state index >= 15 is 0 Å². The summed E-state index contributed by atoms with van der Waals surface area (Å²) in [6, 6.07) is 11.3. The van der Waals surface area contributed by atoms with Gasteiger partial charge in [-0.3, -0.25) is 24.6 Å². The number of aryl methyl sites for hydroxylation is 1. The Morgan fingerprint density at radius 2 is 1.96 bits per heavy atom. The second-order valence-corrected chi connectivity index (χ2v) is 6.26. The Morgan fingerprint density at radius 3 is 2.59 bits per heavy atom. The summed E-state index contributed by atoms with van der Waals surface area (Å²) < 4.78 is 5.63. The van der Waals surface area contributed by atoms with Gasteiger partial charge in [-0.05, 0) is 31.5 Å². The van der Waals surface area contributed by atoms with Crippen molar-refractivity contribution < 1.29 is 19.2 Å². The van der Waals surface area contributed by atoms with Crippen LogP contribution in [0, 0.1) is 17.0 Å². The second kappa shape index (κ2) is 7.45. The Morgan fingerprint density at radius 1 is 1.26 bits per heavy atom. The zero-order valence-corrected chi connectivity index (χ0v) is 15.0. The normalized spacial score (nSPS) is 15.7. The molecule has 0 aliphatic carbocycles. The van der Waals surface area contributed by atoms with E-state index in [0.29, 0.717) is 17.9 Å². The maximum Gasteiger partial charge on any atom is 0.271 e. The molecule has 2 aromatic carbocycles. The molecule has 8 heteroatoms. The molecule has 0 bridgehead atoms. The van der Waals surface area contributed by atoms with Crippen molar-refractivity contribution in [2.24, 2.45) is 0 Å². The molecular formula is C19H19N3O5. The summed E-state index contributed by atoms with van der Waals surface area (Å²) in [5, 5.41) is 13.8. The van der Waals surface area contributed by atoms with E-state index in [1.54, 1.807) is 19.1 Å². The highest BCUT2D eigenvalue weighted by Crippen LogP contribution is 2.37. The van der Waals surface area contributed by atoms with E-state index in [2.05, 4.69) is 5.32 Å². The minimum Gasteiger partial charge on any atom is -0.478 e. The van der Waals surface area contributed by atoms with Crippen LogP contribution in [0.1, 0.15) is 18.9 Å². The smallest absolute Gasteiger partial charge is 0.271 e. The highest BCUT2D eigenvalue weighted by molar-refractivity contribution is 6.06. The number of nitro benzene ring substituents is 1. The fourth-order valence-electron chi connectivity index (χ4n) is 2.83. The molecule has 2 amide bonds. The van der Waals surface area contributed by atoms with Gasteiger partial charge in [0.15, 0.2) is 6.10 Å². The molecule has 1 N–H and O–H groups in total. The molecule has 0 saturated carbocycles. The van der Waals surface area contributed by atoms with Gasteiger partial charge in [0.1, 0.15) is 12.3 Å². The number of anilines is 2. The lowest BCUT2D eigenvalue weighted by Gasteiger charge is -2.33. The Kier molecular flexibility index (Phi) is 5.07. The summed E-state index contributed by atoms with van der Waals surface area (Å²) in [5.41, 5.74) is 1.71. The Labute approximate surface area is 155 Å². The van der Waals surface area contributed by atoms with Crippen molar-refractivity contribution in [3.05, 3.63) is 58.1 Å². The lowest BCUT2D eigenvalue weighted by molar-refractivity contribution is -0.384. The lowest BCUT2D eigenvalue weighted by atomic mass is 10.1. The van der Waals surface area contributed by atoms with E-state index in [-0.39, 0.29) is 17.9 Å². The van der Waals surface area contributed by atoms with Crippen LogP contribution in [0.15, 0.2) is 42.5 Å². The minimum atomic E-state index is -0.730. The minimum absolute atomic E-state index is 0.177. The van der Waals surface area contributed by atoms with Gasteiger partial charge < -0.3 is 10.1 Å². The third kappa shape index (κ3) is 3.89. The summed E-state index contributed by atoms with van der Waals surface area (Å²) in [7, 11) is 0. The van der Waals surface area contributed by atoms with Crippen molar-refractivity contribution in [3.63, 3.8) is 0 Å². The third-order valence-electron chi connectivity index (χ3n) is 4.26. The molecule has 0 spiro atoms. The number of fused-ring (bicyclic) bond motifs is 1. The lowest BCUT2D eigenvalue weighted by Crippen LogP contribution is -2.48. The van der Waals surface area contributed by atoms with E-state index in [4.69, 9.17) is 4.74 Å². The Bertz CT molecular complexity index is 895. The van der Waals surface area contributed by atoms with Crippen LogP contribution in [0.25, 0.3) is 0 Å². The SMILES string of the molecule is CCC1Oc2ccc([N+](=O)[O-])cc2N(CC(=O)Nc2ccc(C)cc2)C1=O. The largest absolute Gasteiger partial charge is 0.478 e. The van der Waals surface area contributed by atoms with Crippen molar-refractivity contribution in [2.75, 3.05) is 16.8 Å². The molecule has 0 fully saturated rings. The van der Waals surface area contributed by atoms with Crippen molar-refractivity contribution >= 4 is 28.9 Å². The summed E-state index contributed by atoms with van der Waals surface area (Å²) in [6.07, 6.45) is -0.308. The van der Waals surface area contributed by atoms with E-state index in [9.17, 15) is 19.7 Å². The number of nitro groups is 1. The van der Waals surface area contributed by atoms with Gasteiger partial charge in [0.05, 0.1) is 10.6 Å². The first-order valence-electron chi connectivity index (χ1n) is 8.52. The number of hydrogen-bond acceptors (Lipinski definition) is 5. The number of nitrogens with zero attached hydrogens (tertiary/aromatic N) is 2. The maximum atomic E-state index is 12.7. The third-order valence-corrected chi connectivity index (χ3v) is 4.26. The topological polar surface area (TPSA) is 102 Å². The van der Waals surface area contributed by atoms with Gasteiger partial charge in [0, 0.05) is 17.8 Å². The molecule has 1 atom stereocenters. The molecule has 2 aromatic rings. The molecule has 0 saturated heterocycles. The number of non-ortho nitro benzene ring substituents is 1. The van der Waals surface area contributed by atoms with Crippen LogP contribution in [0.2, 0.25) is 0 Å². The van der Waals surface area contributed by atoms with Crippen LogP contribution >= 0.6 is 0 Å². The predicted octanol–water partition coefficient (Wildman–Crippen LogP) is 3.05. The quantitative estimate of drug-likeness (QED) is 0.645.